The summed E-state index contributed by atoms with van der Waals surface area (Å²) < 4.78 is 32.4. The topological polar surface area (TPSA) is 72.5 Å². The molecule has 0 radical (unpaired) electrons. The maximum atomic E-state index is 12.5. The van der Waals surface area contributed by atoms with E-state index >= 15 is 0 Å². The van der Waals surface area contributed by atoms with Crippen LogP contribution in [0.15, 0.2) is 47.4 Å². The minimum Gasteiger partial charge on any atom is -0.469 e. The third kappa shape index (κ3) is 4.21. The van der Waals surface area contributed by atoms with E-state index in [0.29, 0.717) is 17.9 Å². The quantitative estimate of drug-likeness (QED) is 0.810. The van der Waals surface area contributed by atoms with Gasteiger partial charge in [0, 0.05) is 11.1 Å². The number of benzene rings is 2. The van der Waals surface area contributed by atoms with E-state index in [1.807, 2.05) is 18.2 Å². The first-order valence-corrected chi connectivity index (χ1v) is 9.69. The number of carbonyl (C=O) groups excluding carboxylic acids is 1. The van der Waals surface area contributed by atoms with Gasteiger partial charge in [0.25, 0.3) is 0 Å². The number of fused-ring (bicyclic) bond motifs is 1. The van der Waals surface area contributed by atoms with Crippen molar-refractivity contribution in [1.82, 2.24) is 4.72 Å². The van der Waals surface area contributed by atoms with Crippen LogP contribution >= 0.6 is 11.6 Å². The molecule has 1 aliphatic carbocycles. The van der Waals surface area contributed by atoms with Crippen LogP contribution in [0.4, 0.5) is 0 Å². The summed E-state index contributed by atoms with van der Waals surface area (Å²) in [7, 11) is -2.24. The number of sulfonamides is 1. The van der Waals surface area contributed by atoms with Gasteiger partial charge in [0.1, 0.15) is 0 Å². The van der Waals surface area contributed by atoms with Crippen LogP contribution in [0.1, 0.15) is 16.7 Å². The van der Waals surface area contributed by atoms with Crippen LogP contribution in [0.25, 0.3) is 0 Å². The van der Waals surface area contributed by atoms with Gasteiger partial charge in [0.2, 0.25) is 10.0 Å². The van der Waals surface area contributed by atoms with Gasteiger partial charge in [0.05, 0.1) is 18.4 Å². The molecule has 1 aliphatic rings. The highest BCUT2D eigenvalue weighted by Crippen LogP contribution is 2.25. The average molecular weight is 380 g/mol. The summed E-state index contributed by atoms with van der Waals surface area (Å²) >= 11 is 5.81. The minimum absolute atomic E-state index is 0.194. The van der Waals surface area contributed by atoms with Gasteiger partial charge in [-0.2, -0.15) is 0 Å². The molecule has 1 N–H and O–H groups in total. The average Bonchev–Trinajstić information content (AvgIpc) is 2.95. The van der Waals surface area contributed by atoms with E-state index in [0.717, 1.165) is 16.7 Å². The van der Waals surface area contributed by atoms with Crippen LogP contribution in [-0.2, 0) is 38.8 Å². The van der Waals surface area contributed by atoms with Gasteiger partial charge in [0.15, 0.2) is 0 Å². The first-order valence-electron chi connectivity index (χ1n) is 7.83. The molecular weight excluding hydrogens is 362 g/mol. The van der Waals surface area contributed by atoms with Crippen molar-refractivity contribution < 1.29 is 17.9 Å². The molecule has 0 spiro atoms. The number of hydrogen-bond acceptors (Lipinski definition) is 4. The van der Waals surface area contributed by atoms with Crippen LogP contribution in [0.2, 0.25) is 5.02 Å². The standard InChI is InChI=1S/C18H18ClNO4S/c1-24-18(21)9-12-2-3-13-10-16(11-14(13)8-12)20-25(22,23)17-6-4-15(19)5-7-17/h2-8,16,20H,9-11H2,1H3. The smallest absolute Gasteiger partial charge is 0.309 e. The number of nitrogens with one attached hydrogen (secondary N) is 1. The van der Waals surface area contributed by atoms with Crippen LogP contribution in [0, 0.1) is 0 Å². The molecule has 0 aromatic heterocycles. The highest BCUT2D eigenvalue weighted by Gasteiger charge is 2.26. The Morgan fingerprint density at radius 2 is 1.84 bits per heavy atom. The van der Waals surface area contributed by atoms with Crippen LogP contribution < -0.4 is 4.72 Å². The van der Waals surface area contributed by atoms with Crippen molar-refractivity contribution in [3.05, 3.63) is 64.2 Å². The fourth-order valence-electron chi connectivity index (χ4n) is 3.00. The first kappa shape index (κ1) is 17.9. The lowest BCUT2D eigenvalue weighted by atomic mass is 10.0. The highest BCUT2D eigenvalue weighted by atomic mass is 35.5. The normalized spacial score (nSPS) is 16.5. The van der Waals surface area contributed by atoms with E-state index in [9.17, 15) is 13.2 Å². The molecule has 1 unspecified atom stereocenters. The summed E-state index contributed by atoms with van der Waals surface area (Å²) in [4.78, 5) is 11.6. The number of carbonyl (C=O) groups is 1. The van der Waals surface area contributed by atoms with Crippen molar-refractivity contribution in [3.8, 4) is 0 Å². The molecule has 0 saturated heterocycles. The lowest BCUT2D eigenvalue weighted by Gasteiger charge is -2.12. The summed E-state index contributed by atoms with van der Waals surface area (Å²) in [5, 5.41) is 0.491. The second-order valence-corrected chi connectivity index (χ2v) is 8.19. The summed E-state index contributed by atoms with van der Waals surface area (Å²) in [6, 6.07) is 11.7. The molecule has 5 nitrogen and oxygen atoms in total. The van der Waals surface area contributed by atoms with E-state index in [4.69, 9.17) is 11.6 Å². The fourth-order valence-corrected chi connectivity index (χ4v) is 4.37. The number of ether oxygens (including phenoxy) is 1. The van der Waals surface area contributed by atoms with E-state index in [2.05, 4.69) is 9.46 Å². The minimum atomic E-state index is -3.59. The molecule has 25 heavy (non-hydrogen) atoms. The maximum Gasteiger partial charge on any atom is 0.309 e. The number of hydrogen-bond donors (Lipinski definition) is 1. The van der Waals surface area contributed by atoms with E-state index in [1.165, 1.54) is 19.2 Å². The number of halogens is 1. The van der Waals surface area contributed by atoms with Gasteiger partial charge in [-0.3, -0.25) is 4.79 Å². The summed E-state index contributed by atoms with van der Waals surface area (Å²) in [5.41, 5.74) is 3.02. The number of methoxy groups -OCH3 is 1. The zero-order valence-corrected chi connectivity index (χ0v) is 15.2. The van der Waals surface area contributed by atoms with Crippen molar-refractivity contribution in [2.45, 2.75) is 30.2 Å². The van der Waals surface area contributed by atoms with E-state index in [-0.39, 0.29) is 23.3 Å². The zero-order valence-electron chi connectivity index (χ0n) is 13.7. The summed E-state index contributed by atoms with van der Waals surface area (Å²) in [5.74, 6) is -0.294. The van der Waals surface area contributed by atoms with Crippen LogP contribution in [0.3, 0.4) is 0 Å². The molecule has 0 aliphatic heterocycles. The predicted molar refractivity (Wildman–Crippen MR) is 95.1 cm³/mol. The third-order valence-corrected chi connectivity index (χ3v) is 6.01. The van der Waals surface area contributed by atoms with Crippen LogP contribution in [-0.4, -0.2) is 27.5 Å². The molecule has 0 bridgehead atoms. The SMILES string of the molecule is COC(=O)Cc1ccc2c(c1)CC(NS(=O)(=O)c1ccc(Cl)cc1)C2. The van der Waals surface area contributed by atoms with Crippen molar-refractivity contribution in [3.63, 3.8) is 0 Å². The zero-order chi connectivity index (χ0) is 18.0. The molecule has 0 heterocycles. The van der Waals surface area contributed by atoms with Crippen molar-refractivity contribution in [2.24, 2.45) is 0 Å². The molecule has 7 heteroatoms. The van der Waals surface area contributed by atoms with Crippen LogP contribution in [0.5, 0.6) is 0 Å². The van der Waals surface area contributed by atoms with Gasteiger partial charge in [-0.1, -0.05) is 29.8 Å². The molecule has 1 atom stereocenters. The van der Waals surface area contributed by atoms with Gasteiger partial charge < -0.3 is 4.74 Å². The Kier molecular flexibility index (Phi) is 5.13. The second kappa shape index (κ2) is 7.15. The Morgan fingerprint density at radius 1 is 1.16 bits per heavy atom. The Balaban J connectivity index is 1.71. The van der Waals surface area contributed by atoms with Gasteiger partial charge >= 0.3 is 5.97 Å². The van der Waals surface area contributed by atoms with Crippen molar-refractivity contribution in [2.75, 3.05) is 7.11 Å². The van der Waals surface area contributed by atoms with E-state index in [1.54, 1.807) is 12.1 Å². The van der Waals surface area contributed by atoms with Gasteiger partial charge in [-0.25, -0.2) is 13.1 Å². The highest BCUT2D eigenvalue weighted by molar-refractivity contribution is 7.89. The molecule has 0 amide bonds. The van der Waals surface area contributed by atoms with Crippen molar-refractivity contribution >= 4 is 27.6 Å². The largest absolute Gasteiger partial charge is 0.469 e. The Hall–Kier alpha value is -1.89. The molecule has 0 fully saturated rings. The molecule has 2 aromatic carbocycles. The van der Waals surface area contributed by atoms with Gasteiger partial charge in [-0.05, 0) is 53.8 Å². The molecule has 0 saturated carbocycles. The van der Waals surface area contributed by atoms with E-state index < -0.39 is 10.0 Å². The Bertz CT molecular complexity index is 894. The summed E-state index contributed by atoms with van der Waals surface area (Å²) in [6.45, 7) is 0. The lowest BCUT2D eigenvalue weighted by molar-refractivity contribution is -0.139. The molecule has 2 aromatic rings. The second-order valence-electron chi connectivity index (χ2n) is 6.04. The molecule has 3 rings (SSSR count). The van der Waals surface area contributed by atoms with Crippen molar-refractivity contribution in [1.29, 1.82) is 0 Å². The number of rotatable bonds is 5. The monoisotopic (exact) mass is 379 g/mol. The fraction of sp³-hybridized carbons (Fsp3) is 0.278. The van der Waals surface area contributed by atoms with Gasteiger partial charge in [-0.15, -0.1) is 0 Å². The maximum absolute atomic E-state index is 12.5. The Morgan fingerprint density at radius 3 is 2.52 bits per heavy atom. The first-order chi connectivity index (χ1) is 11.9. The molecule has 132 valence electrons. The Labute approximate surface area is 152 Å². The number of esters is 1. The summed E-state index contributed by atoms with van der Waals surface area (Å²) in [6.07, 6.45) is 1.43. The molecular formula is C18H18ClNO4S. The predicted octanol–water partition coefficient (Wildman–Crippen LogP) is 2.50. The lowest BCUT2D eigenvalue weighted by Crippen LogP contribution is -2.35. The third-order valence-electron chi connectivity index (χ3n) is 4.23.